The van der Waals surface area contributed by atoms with Crippen molar-refractivity contribution in [2.24, 2.45) is 0 Å². The van der Waals surface area contributed by atoms with Crippen LogP contribution < -0.4 is 5.32 Å². The number of carbonyl (C=O) groups is 2. The molecule has 0 saturated carbocycles. The summed E-state index contributed by atoms with van der Waals surface area (Å²) in [5, 5.41) is 3.06. The third kappa shape index (κ3) is 3.20. The van der Waals surface area contributed by atoms with Crippen molar-refractivity contribution in [3.05, 3.63) is 64.7 Å². The summed E-state index contributed by atoms with van der Waals surface area (Å²) in [5.74, 6) is -0.347. The monoisotopic (exact) mass is 273 g/mol. The molecule has 19 heavy (non-hydrogen) atoms. The quantitative estimate of drug-likeness (QED) is 0.870. The Balaban J connectivity index is 2.34. The smallest absolute Gasteiger partial charge is 0.221 e. The van der Waals surface area contributed by atoms with Crippen molar-refractivity contribution in [3.63, 3.8) is 0 Å². The number of rotatable bonds is 3. The second-order valence-corrected chi connectivity index (χ2v) is 4.48. The van der Waals surface area contributed by atoms with Gasteiger partial charge in [-0.15, -0.1) is 0 Å². The Morgan fingerprint density at radius 1 is 1.05 bits per heavy atom. The van der Waals surface area contributed by atoms with Gasteiger partial charge in [0.1, 0.15) is 0 Å². The Kier molecular flexibility index (Phi) is 3.97. The van der Waals surface area contributed by atoms with E-state index in [1.54, 1.807) is 48.5 Å². The number of hydrogen-bond acceptors (Lipinski definition) is 2. The molecule has 96 valence electrons. The van der Waals surface area contributed by atoms with Crippen molar-refractivity contribution in [2.75, 3.05) is 5.32 Å². The molecule has 0 bridgehead atoms. The van der Waals surface area contributed by atoms with Crippen LogP contribution in [0.4, 0.5) is 5.69 Å². The SMILES string of the molecule is CC(=O)Nc1cccc(C(=O)c2ccccc2Cl)c1. The first-order valence-electron chi connectivity index (χ1n) is 5.75. The molecular weight excluding hydrogens is 262 g/mol. The average Bonchev–Trinajstić information content (AvgIpc) is 2.38. The van der Waals surface area contributed by atoms with Crippen molar-refractivity contribution in [3.8, 4) is 0 Å². The van der Waals surface area contributed by atoms with Gasteiger partial charge in [-0.05, 0) is 24.3 Å². The van der Waals surface area contributed by atoms with E-state index in [9.17, 15) is 9.59 Å². The molecular formula is C15H12ClNO2. The van der Waals surface area contributed by atoms with Gasteiger partial charge < -0.3 is 5.32 Å². The number of carbonyl (C=O) groups excluding carboxylic acids is 2. The number of anilines is 1. The molecule has 0 fully saturated rings. The highest BCUT2D eigenvalue weighted by atomic mass is 35.5. The molecule has 0 aliphatic rings. The first kappa shape index (κ1) is 13.3. The zero-order chi connectivity index (χ0) is 13.8. The number of hydrogen-bond donors (Lipinski definition) is 1. The summed E-state index contributed by atoms with van der Waals surface area (Å²) in [6.07, 6.45) is 0. The standard InChI is InChI=1S/C15H12ClNO2/c1-10(18)17-12-6-4-5-11(9-12)15(19)13-7-2-3-8-14(13)16/h2-9H,1H3,(H,17,18). The van der Waals surface area contributed by atoms with E-state index in [2.05, 4.69) is 5.32 Å². The van der Waals surface area contributed by atoms with Crippen molar-refractivity contribution in [2.45, 2.75) is 6.92 Å². The van der Waals surface area contributed by atoms with E-state index in [-0.39, 0.29) is 11.7 Å². The zero-order valence-corrected chi connectivity index (χ0v) is 11.1. The lowest BCUT2D eigenvalue weighted by molar-refractivity contribution is -0.114. The van der Waals surface area contributed by atoms with E-state index in [1.807, 2.05) is 0 Å². The second kappa shape index (κ2) is 5.67. The van der Waals surface area contributed by atoms with Gasteiger partial charge >= 0.3 is 0 Å². The van der Waals surface area contributed by atoms with Gasteiger partial charge in [-0.25, -0.2) is 0 Å². The topological polar surface area (TPSA) is 46.2 Å². The molecule has 0 aliphatic carbocycles. The Bertz CT molecular complexity index is 638. The van der Waals surface area contributed by atoms with E-state index in [4.69, 9.17) is 11.6 Å². The van der Waals surface area contributed by atoms with Gasteiger partial charge in [0.05, 0.1) is 5.02 Å². The molecule has 0 saturated heterocycles. The fraction of sp³-hybridized carbons (Fsp3) is 0.0667. The summed E-state index contributed by atoms with van der Waals surface area (Å²) in [5.41, 5.74) is 1.52. The van der Waals surface area contributed by atoms with Gasteiger partial charge in [0, 0.05) is 23.7 Å². The van der Waals surface area contributed by atoms with Crippen LogP contribution in [-0.2, 0) is 4.79 Å². The van der Waals surface area contributed by atoms with E-state index in [1.165, 1.54) is 6.92 Å². The van der Waals surface area contributed by atoms with Crippen molar-refractivity contribution >= 4 is 29.0 Å². The highest BCUT2D eigenvalue weighted by Crippen LogP contribution is 2.20. The maximum absolute atomic E-state index is 12.3. The van der Waals surface area contributed by atoms with Crippen molar-refractivity contribution in [1.29, 1.82) is 0 Å². The zero-order valence-electron chi connectivity index (χ0n) is 10.3. The molecule has 0 heterocycles. The molecule has 0 spiro atoms. The Hall–Kier alpha value is -2.13. The minimum absolute atomic E-state index is 0.169. The molecule has 3 nitrogen and oxygen atoms in total. The maximum Gasteiger partial charge on any atom is 0.221 e. The van der Waals surface area contributed by atoms with Crippen LogP contribution in [0.15, 0.2) is 48.5 Å². The van der Waals surface area contributed by atoms with Gasteiger partial charge in [-0.2, -0.15) is 0 Å². The lowest BCUT2D eigenvalue weighted by atomic mass is 10.0. The van der Waals surface area contributed by atoms with Crippen LogP contribution in [0.1, 0.15) is 22.8 Å². The van der Waals surface area contributed by atoms with Gasteiger partial charge in [-0.3, -0.25) is 9.59 Å². The number of amides is 1. The van der Waals surface area contributed by atoms with Gasteiger partial charge in [0.2, 0.25) is 5.91 Å². The van der Waals surface area contributed by atoms with E-state index in [0.717, 1.165) is 0 Å². The molecule has 1 amide bonds. The molecule has 0 aliphatic heterocycles. The molecule has 2 rings (SSSR count). The van der Waals surface area contributed by atoms with Crippen LogP contribution in [0.2, 0.25) is 5.02 Å². The molecule has 2 aromatic rings. The molecule has 4 heteroatoms. The first-order chi connectivity index (χ1) is 9.08. The number of benzene rings is 2. The number of halogens is 1. The molecule has 0 unspecified atom stereocenters. The van der Waals surface area contributed by atoms with Crippen LogP contribution >= 0.6 is 11.6 Å². The third-order valence-corrected chi connectivity index (χ3v) is 2.89. The largest absolute Gasteiger partial charge is 0.326 e. The van der Waals surface area contributed by atoms with E-state index >= 15 is 0 Å². The van der Waals surface area contributed by atoms with E-state index in [0.29, 0.717) is 21.8 Å². The summed E-state index contributed by atoms with van der Waals surface area (Å²) in [6, 6.07) is 13.6. The summed E-state index contributed by atoms with van der Waals surface area (Å²) in [4.78, 5) is 23.3. The molecule has 1 N–H and O–H groups in total. The summed E-state index contributed by atoms with van der Waals surface area (Å²) >= 11 is 6.00. The first-order valence-corrected chi connectivity index (χ1v) is 6.12. The molecule has 2 aromatic carbocycles. The second-order valence-electron chi connectivity index (χ2n) is 4.07. The van der Waals surface area contributed by atoms with Gasteiger partial charge in [-0.1, -0.05) is 35.9 Å². The Morgan fingerprint density at radius 2 is 1.79 bits per heavy atom. The summed E-state index contributed by atoms with van der Waals surface area (Å²) in [6.45, 7) is 1.42. The van der Waals surface area contributed by atoms with Crippen LogP contribution in [0.3, 0.4) is 0 Å². The fourth-order valence-electron chi connectivity index (χ4n) is 1.74. The maximum atomic E-state index is 12.3. The molecule has 0 atom stereocenters. The van der Waals surface area contributed by atoms with Crippen molar-refractivity contribution in [1.82, 2.24) is 0 Å². The van der Waals surface area contributed by atoms with Crippen molar-refractivity contribution < 1.29 is 9.59 Å². The minimum atomic E-state index is -0.178. The predicted octanol–water partition coefficient (Wildman–Crippen LogP) is 3.53. The van der Waals surface area contributed by atoms with Gasteiger partial charge in [0.15, 0.2) is 5.78 Å². The summed E-state index contributed by atoms with van der Waals surface area (Å²) < 4.78 is 0. The van der Waals surface area contributed by atoms with E-state index < -0.39 is 0 Å². The normalized spacial score (nSPS) is 10.0. The average molecular weight is 274 g/mol. The number of nitrogens with one attached hydrogen (secondary N) is 1. The van der Waals surface area contributed by atoms with Gasteiger partial charge in [0.25, 0.3) is 0 Å². The molecule has 0 aromatic heterocycles. The Labute approximate surface area is 116 Å². The highest BCUT2D eigenvalue weighted by molar-refractivity contribution is 6.35. The van der Waals surface area contributed by atoms with Crippen LogP contribution in [0.5, 0.6) is 0 Å². The van der Waals surface area contributed by atoms with Crippen LogP contribution in [-0.4, -0.2) is 11.7 Å². The predicted molar refractivity (Wildman–Crippen MR) is 75.6 cm³/mol. The van der Waals surface area contributed by atoms with Crippen LogP contribution in [0, 0.1) is 0 Å². The third-order valence-electron chi connectivity index (χ3n) is 2.56. The van der Waals surface area contributed by atoms with Crippen LogP contribution in [0.25, 0.3) is 0 Å². The fourth-order valence-corrected chi connectivity index (χ4v) is 1.96. The highest BCUT2D eigenvalue weighted by Gasteiger charge is 2.12. The Morgan fingerprint density at radius 3 is 2.47 bits per heavy atom. The summed E-state index contributed by atoms with van der Waals surface area (Å²) in [7, 11) is 0. The lowest BCUT2D eigenvalue weighted by Gasteiger charge is -2.06. The molecule has 0 radical (unpaired) electrons. The number of ketones is 1. The lowest BCUT2D eigenvalue weighted by Crippen LogP contribution is -2.07. The minimum Gasteiger partial charge on any atom is -0.326 e.